The van der Waals surface area contributed by atoms with Gasteiger partial charge in [-0.3, -0.25) is 0 Å². The highest BCUT2D eigenvalue weighted by atomic mass is 127. The number of rotatable bonds is 4. The molecule has 0 saturated carbocycles. The Kier molecular flexibility index (Phi) is 4.49. The first-order valence-electron chi connectivity index (χ1n) is 6.38. The third kappa shape index (κ3) is 3.61. The van der Waals surface area contributed by atoms with Crippen LogP contribution < -0.4 is 0 Å². The lowest BCUT2D eigenvalue weighted by Crippen LogP contribution is -2.27. The van der Waals surface area contributed by atoms with E-state index >= 15 is 0 Å². The summed E-state index contributed by atoms with van der Waals surface area (Å²) in [6, 6.07) is 19.6. The molecule has 0 aliphatic heterocycles. The van der Waals surface area contributed by atoms with E-state index in [2.05, 4.69) is 91.0 Å². The molecule has 0 saturated heterocycles. The van der Waals surface area contributed by atoms with Gasteiger partial charge in [0, 0.05) is 3.57 Å². The predicted molar refractivity (Wildman–Crippen MR) is 89.5 cm³/mol. The molecule has 0 atom stereocenters. The molecule has 0 fully saturated rings. The fourth-order valence-electron chi connectivity index (χ4n) is 2.14. The van der Waals surface area contributed by atoms with Crippen molar-refractivity contribution < 1.29 is 0 Å². The van der Waals surface area contributed by atoms with Gasteiger partial charge in [0.2, 0.25) is 0 Å². The highest BCUT2D eigenvalue weighted by molar-refractivity contribution is 14.1. The topological polar surface area (TPSA) is 0 Å². The minimum Gasteiger partial charge on any atom is -0.0628 e. The molecule has 2 heteroatoms. The molecule has 0 aromatic heterocycles. The van der Waals surface area contributed by atoms with Gasteiger partial charge in [-0.1, -0.05) is 68.2 Å². The largest absolute Gasteiger partial charge is 0.137 e. The lowest BCUT2D eigenvalue weighted by molar-refractivity contribution is 0.745. The van der Waals surface area contributed by atoms with Crippen LogP contribution in [0.1, 0.15) is 25.0 Å². The van der Waals surface area contributed by atoms with Crippen molar-refractivity contribution >= 4 is 29.9 Å². The third-order valence-corrected chi connectivity index (χ3v) is 4.23. The van der Waals surface area contributed by atoms with E-state index in [4.69, 9.17) is 0 Å². The van der Waals surface area contributed by atoms with Crippen molar-refractivity contribution in [2.75, 3.05) is 0 Å². The third-order valence-electron chi connectivity index (χ3n) is 3.51. The molecule has 0 amide bonds. The van der Waals surface area contributed by atoms with Crippen molar-refractivity contribution in [2.45, 2.75) is 25.5 Å². The summed E-state index contributed by atoms with van der Waals surface area (Å²) in [4.78, 5) is 0. The highest BCUT2D eigenvalue weighted by Crippen LogP contribution is 2.22. The Morgan fingerprint density at radius 1 is 0.944 bits per heavy atom. The van der Waals surface area contributed by atoms with E-state index in [9.17, 15) is 0 Å². The smallest absolute Gasteiger partial charge is 0.0628 e. The first kappa shape index (κ1) is 13.7. The van der Waals surface area contributed by atoms with Crippen LogP contribution in [0.25, 0.3) is 0 Å². The first-order valence-corrected chi connectivity index (χ1v) is 7.46. The number of hydrogen-bond acceptors (Lipinski definition) is 0. The van der Waals surface area contributed by atoms with Gasteiger partial charge in [0.15, 0.2) is 0 Å². The van der Waals surface area contributed by atoms with E-state index in [1.165, 1.54) is 22.0 Å². The molecular formula is C16H18BI. The zero-order valence-corrected chi connectivity index (χ0v) is 13.1. The summed E-state index contributed by atoms with van der Waals surface area (Å²) in [6.07, 6.45) is 1.14. The van der Waals surface area contributed by atoms with Crippen LogP contribution in [-0.2, 0) is 11.6 Å². The van der Waals surface area contributed by atoms with Crippen molar-refractivity contribution in [3.8, 4) is 0 Å². The van der Waals surface area contributed by atoms with Gasteiger partial charge in [0.1, 0.15) is 7.28 Å². The SMILES string of the molecule is CC(C)(BCc1ccc(I)cc1)c1ccccc1. The summed E-state index contributed by atoms with van der Waals surface area (Å²) in [5, 5.41) is 0.240. The van der Waals surface area contributed by atoms with Crippen LogP contribution in [0.4, 0.5) is 0 Å². The summed E-state index contributed by atoms with van der Waals surface area (Å²) in [5.41, 5.74) is 2.86. The molecule has 2 aromatic carbocycles. The van der Waals surface area contributed by atoms with Crippen LogP contribution in [0.15, 0.2) is 54.6 Å². The maximum atomic E-state index is 2.35. The lowest BCUT2D eigenvalue weighted by Gasteiger charge is -2.24. The van der Waals surface area contributed by atoms with Gasteiger partial charge in [-0.2, -0.15) is 0 Å². The van der Waals surface area contributed by atoms with E-state index in [1.807, 2.05) is 0 Å². The highest BCUT2D eigenvalue weighted by Gasteiger charge is 2.21. The maximum absolute atomic E-state index is 2.35. The second kappa shape index (κ2) is 5.92. The summed E-state index contributed by atoms with van der Waals surface area (Å²) in [5.74, 6) is 0. The van der Waals surface area contributed by atoms with Crippen LogP contribution in [0.3, 0.4) is 0 Å². The standard InChI is InChI=1S/C16H18BI/c1-16(2,14-6-4-3-5-7-14)17-12-13-8-10-15(18)11-9-13/h3-11,17H,12H2,1-2H3. The van der Waals surface area contributed by atoms with Gasteiger partial charge in [-0.25, -0.2) is 0 Å². The zero-order valence-electron chi connectivity index (χ0n) is 11.0. The Bertz CT molecular complexity index is 488. The Morgan fingerprint density at radius 3 is 2.17 bits per heavy atom. The second-order valence-corrected chi connectivity index (χ2v) is 6.62. The van der Waals surface area contributed by atoms with E-state index in [-0.39, 0.29) is 5.31 Å². The van der Waals surface area contributed by atoms with E-state index in [1.54, 1.807) is 0 Å². The fraction of sp³-hybridized carbons (Fsp3) is 0.250. The van der Waals surface area contributed by atoms with Gasteiger partial charge in [-0.05, 0) is 45.6 Å². The average Bonchev–Trinajstić information content (AvgIpc) is 2.39. The van der Waals surface area contributed by atoms with Crippen molar-refractivity contribution in [1.29, 1.82) is 0 Å². The zero-order chi connectivity index (χ0) is 13.0. The monoisotopic (exact) mass is 348 g/mol. The first-order chi connectivity index (χ1) is 8.58. The molecule has 2 rings (SSSR count). The molecule has 0 spiro atoms. The van der Waals surface area contributed by atoms with Crippen LogP contribution >= 0.6 is 22.6 Å². The Morgan fingerprint density at radius 2 is 1.56 bits per heavy atom. The molecule has 2 aromatic rings. The Hall–Kier alpha value is -0.765. The van der Waals surface area contributed by atoms with Gasteiger partial charge in [0.25, 0.3) is 0 Å². The minimum atomic E-state index is 0.240. The Labute approximate surface area is 124 Å². The normalized spacial score (nSPS) is 11.3. The molecule has 92 valence electrons. The maximum Gasteiger partial charge on any atom is 0.137 e. The molecule has 0 aliphatic rings. The molecule has 0 aliphatic carbocycles. The quantitative estimate of drug-likeness (QED) is 0.575. The summed E-state index contributed by atoms with van der Waals surface area (Å²) in [7, 11) is 1.18. The van der Waals surface area contributed by atoms with Crippen molar-refractivity contribution in [2.24, 2.45) is 0 Å². The van der Waals surface area contributed by atoms with Crippen molar-refractivity contribution in [3.63, 3.8) is 0 Å². The predicted octanol–water partition coefficient (Wildman–Crippen LogP) is 4.16. The number of benzene rings is 2. The van der Waals surface area contributed by atoms with Gasteiger partial charge in [-0.15, -0.1) is 0 Å². The van der Waals surface area contributed by atoms with Crippen LogP contribution in [0, 0.1) is 3.57 Å². The molecular weight excluding hydrogens is 330 g/mol. The van der Waals surface area contributed by atoms with E-state index < -0.39 is 0 Å². The molecule has 0 heterocycles. The minimum absolute atomic E-state index is 0.240. The van der Waals surface area contributed by atoms with Crippen LogP contribution in [-0.4, -0.2) is 7.28 Å². The number of hydrogen-bond donors (Lipinski definition) is 0. The van der Waals surface area contributed by atoms with Crippen molar-refractivity contribution in [1.82, 2.24) is 0 Å². The van der Waals surface area contributed by atoms with E-state index in [0.717, 1.165) is 6.32 Å². The van der Waals surface area contributed by atoms with Gasteiger partial charge < -0.3 is 0 Å². The summed E-state index contributed by atoms with van der Waals surface area (Å²) in [6.45, 7) is 4.66. The molecule has 0 unspecified atom stereocenters. The fourth-order valence-corrected chi connectivity index (χ4v) is 2.50. The van der Waals surface area contributed by atoms with Gasteiger partial charge in [0.05, 0.1) is 0 Å². The molecule has 18 heavy (non-hydrogen) atoms. The molecule has 0 radical (unpaired) electrons. The second-order valence-electron chi connectivity index (χ2n) is 5.38. The summed E-state index contributed by atoms with van der Waals surface area (Å²) < 4.78 is 1.30. The average molecular weight is 348 g/mol. The molecule has 0 N–H and O–H groups in total. The van der Waals surface area contributed by atoms with Gasteiger partial charge >= 0.3 is 0 Å². The van der Waals surface area contributed by atoms with Crippen molar-refractivity contribution in [3.05, 3.63) is 69.3 Å². The summed E-state index contributed by atoms with van der Waals surface area (Å²) >= 11 is 2.35. The van der Waals surface area contributed by atoms with Crippen LogP contribution in [0.5, 0.6) is 0 Å². The van der Waals surface area contributed by atoms with E-state index in [0.29, 0.717) is 0 Å². The molecule has 0 bridgehead atoms. The van der Waals surface area contributed by atoms with Crippen LogP contribution in [0.2, 0.25) is 0 Å². The molecule has 0 nitrogen and oxygen atoms in total. The Balaban J connectivity index is 2.03. The number of halogens is 1. The lowest BCUT2D eigenvalue weighted by atomic mass is 9.49.